The van der Waals surface area contributed by atoms with Gasteiger partial charge in [-0.05, 0) is 6.92 Å². The SMILES string of the molecule is COC(=O)CNC(=O)[C@H](C)NC(=O)C(C)=O. The number of carbonyl (C=O) groups is 4. The number of carbonyl (C=O) groups excluding carboxylic acids is 4. The summed E-state index contributed by atoms with van der Waals surface area (Å²) in [6.45, 7) is 2.21. The minimum Gasteiger partial charge on any atom is -0.468 e. The van der Waals surface area contributed by atoms with Gasteiger partial charge in [-0.1, -0.05) is 0 Å². The highest BCUT2D eigenvalue weighted by atomic mass is 16.5. The normalized spacial score (nSPS) is 11.2. The Labute approximate surface area is 92.5 Å². The molecule has 0 saturated carbocycles. The topological polar surface area (TPSA) is 102 Å². The molecule has 0 aliphatic heterocycles. The molecule has 7 nitrogen and oxygen atoms in total. The second kappa shape index (κ2) is 6.54. The number of nitrogens with one attached hydrogen (secondary N) is 2. The maximum Gasteiger partial charge on any atom is 0.325 e. The molecule has 0 aromatic carbocycles. The van der Waals surface area contributed by atoms with E-state index in [1.165, 1.54) is 14.0 Å². The Kier molecular flexibility index (Phi) is 5.76. The minimum atomic E-state index is -0.888. The van der Waals surface area contributed by atoms with Crippen molar-refractivity contribution < 1.29 is 23.9 Å². The predicted octanol–water partition coefficient (Wildman–Crippen LogP) is -1.63. The van der Waals surface area contributed by atoms with Crippen LogP contribution in [0.25, 0.3) is 0 Å². The third-order valence-corrected chi connectivity index (χ3v) is 1.70. The fourth-order valence-electron chi connectivity index (χ4n) is 0.748. The lowest BCUT2D eigenvalue weighted by molar-refractivity contribution is -0.141. The first-order valence-corrected chi connectivity index (χ1v) is 4.54. The first-order chi connectivity index (χ1) is 7.38. The highest BCUT2D eigenvalue weighted by Gasteiger charge is 2.18. The summed E-state index contributed by atoms with van der Waals surface area (Å²) in [7, 11) is 1.19. The Bertz CT molecular complexity index is 313. The Morgan fingerprint density at radius 1 is 1.25 bits per heavy atom. The monoisotopic (exact) mass is 230 g/mol. The lowest BCUT2D eigenvalue weighted by Crippen LogP contribution is -2.47. The van der Waals surface area contributed by atoms with E-state index in [0.717, 1.165) is 6.92 Å². The Morgan fingerprint density at radius 3 is 2.25 bits per heavy atom. The average molecular weight is 230 g/mol. The molecule has 0 saturated heterocycles. The molecule has 2 N–H and O–H groups in total. The van der Waals surface area contributed by atoms with Crippen LogP contribution in [0.2, 0.25) is 0 Å². The van der Waals surface area contributed by atoms with Crippen LogP contribution in [0.3, 0.4) is 0 Å². The van der Waals surface area contributed by atoms with Crippen LogP contribution < -0.4 is 10.6 Å². The van der Waals surface area contributed by atoms with E-state index in [1.807, 2.05) is 0 Å². The number of amides is 2. The van der Waals surface area contributed by atoms with E-state index in [2.05, 4.69) is 15.4 Å². The van der Waals surface area contributed by atoms with Crippen molar-refractivity contribution in [3.8, 4) is 0 Å². The molecule has 0 unspecified atom stereocenters. The number of hydrogen-bond donors (Lipinski definition) is 2. The zero-order valence-corrected chi connectivity index (χ0v) is 9.33. The van der Waals surface area contributed by atoms with Crippen molar-refractivity contribution in [2.75, 3.05) is 13.7 Å². The molecule has 0 bridgehead atoms. The predicted molar refractivity (Wildman–Crippen MR) is 53.3 cm³/mol. The smallest absolute Gasteiger partial charge is 0.325 e. The number of rotatable bonds is 5. The summed E-state index contributed by atoms with van der Waals surface area (Å²) in [4.78, 5) is 43.5. The number of esters is 1. The molecule has 0 radical (unpaired) electrons. The summed E-state index contributed by atoms with van der Waals surface area (Å²) < 4.78 is 4.30. The standard InChI is InChI=1S/C9H14N2O5/c1-5(11-9(15)6(2)12)8(14)10-4-7(13)16-3/h5H,4H2,1-3H3,(H,10,14)(H,11,15)/t5-/m0/s1. The third-order valence-electron chi connectivity index (χ3n) is 1.70. The Balaban J connectivity index is 4.04. The van der Waals surface area contributed by atoms with Crippen LogP contribution in [0.15, 0.2) is 0 Å². The summed E-state index contributed by atoms with van der Waals surface area (Å²) in [6, 6.07) is -0.888. The minimum absolute atomic E-state index is 0.282. The molecular weight excluding hydrogens is 216 g/mol. The maximum atomic E-state index is 11.3. The average Bonchev–Trinajstić information content (AvgIpc) is 2.24. The van der Waals surface area contributed by atoms with Gasteiger partial charge in [-0.15, -0.1) is 0 Å². The molecule has 0 aliphatic rings. The molecule has 16 heavy (non-hydrogen) atoms. The summed E-state index contributed by atoms with van der Waals surface area (Å²) in [5.41, 5.74) is 0. The van der Waals surface area contributed by atoms with Gasteiger partial charge in [0.25, 0.3) is 5.91 Å². The summed E-state index contributed by atoms with van der Waals surface area (Å²) in [5, 5.41) is 4.41. The van der Waals surface area contributed by atoms with Gasteiger partial charge in [-0.3, -0.25) is 19.2 Å². The molecule has 0 aliphatic carbocycles. The zero-order chi connectivity index (χ0) is 12.7. The second-order valence-electron chi connectivity index (χ2n) is 3.05. The fourth-order valence-corrected chi connectivity index (χ4v) is 0.748. The number of ketones is 1. The van der Waals surface area contributed by atoms with E-state index >= 15 is 0 Å². The van der Waals surface area contributed by atoms with Crippen LogP contribution in [0, 0.1) is 0 Å². The van der Waals surface area contributed by atoms with Crippen LogP contribution in [0.4, 0.5) is 0 Å². The fraction of sp³-hybridized carbons (Fsp3) is 0.556. The van der Waals surface area contributed by atoms with Crippen molar-refractivity contribution >= 4 is 23.6 Å². The van der Waals surface area contributed by atoms with Gasteiger partial charge in [-0.25, -0.2) is 0 Å². The molecule has 0 fully saturated rings. The van der Waals surface area contributed by atoms with Gasteiger partial charge in [0.1, 0.15) is 12.6 Å². The maximum absolute atomic E-state index is 11.3. The van der Waals surface area contributed by atoms with Crippen LogP contribution in [-0.2, 0) is 23.9 Å². The summed E-state index contributed by atoms with van der Waals surface area (Å²) in [5.74, 6) is -2.70. The molecule has 0 aromatic heterocycles. The van der Waals surface area contributed by atoms with Gasteiger partial charge >= 0.3 is 5.97 Å². The first kappa shape index (κ1) is 14.1. The molecule has 7 heteroatoms. The van der Waals surface area contributed by atoms with E-state index in [0.29, 0.717) is 0 Å². The van der Waals surface area contributed by atoms with Crippen LogP contribution in [0.5, 0.6) is 0 Å². The van der Waals surface area contributed by atoms with Crippen LogP contribution in [0.1, 0.15) is 13.8 Å². The first-order valence-electron chi connectivity index (χ1n) is 4.54. The number of hydrogen-bond acceptors (Lipinski definition) is 5. The lowest BCUT2D eigenvalue weighted by Gasteiger charge is -2.12. The molecular formula is C9H14N2O5. The number of Topliss-reactive ketones (excluding diaryl/α,β-unsaturated/α-hetero) is 1. The van der Waals surface area contributed by atoms with Crippen molar-refractivity contribution in [2.45, 2.75) is 19.9 Å². The summed E-state index contributed by atoms with van der Waals surface area (Å²) in [6.07, 6.45) is 0. The van der Waals surface area contributed by atoms with E-state index in [-0.39, 0.29) is 6.54 Å². The second-order valence-corrected chi connectivity index (χ2v) is 3.05. The zero-order valence-electron chi connectivity index (χ0n) is 9.33. The third kappa shape index (κ3) is 5.08. The van der Waals surface area contributed by atoms with Crippen LogP contribution in [-0.4, -0.2) is 43.3 Å². The Hall–Kier alpha value is -1.92. The van der Waals surface area contributed by atoms with Gasteiger partial charge in [-0.2, -0.15) is 0 Å². The van der Waals surface area contributed by atoms with Crippen molar-refractivity contribution in [1.29, 1.82) is 0 Å². The van der Waals surface area contributed by atoms with E-state index in [1.54, 1.807) is 0 Å². The van der Waals surface area contributed by atoms with Crippen molar-refractivity contribution in [2.24, 2.45) is 0 Å². The largest absolute Gasteiger partial charge is 0.468 e. The quantitative estimate of drug-likeness (QED) is 0.436. The Morgan fingerprint density at radius 2 is 1.81 bits per heavy atom. The van der Waals surface area contributed by atoms with Gasteiger partial charge in [0.15, 0.2) is 0 Å². The van der Waals surface area contributed by atoms with Crippen LogP contribution >= 0.6 is 0 Å². The lowest BCUT2D eigenvalue weighted by atomic mass is 10.3. The molecule has 2 amide bonds. The molecule has 0 spiro atoms. The van der Waals surface area contributed by atoms with E-state index < -0.39 is 29.6 Å². The highest BCUT2D eigenvalue weighted by Crippen LogP contribution is 1.83. The van der Waals surface area contributed by atoms with Crippen molar-refractivity contribution in [1.82, 2.24) is 10.6 Å². The molecule has 1 atom stereocenters. The van der Waals surface area contributed by atoms with Crippen molar-refractivity contribution in [3.05, 3.63) is 0 Å². The van der Waals surface area contributed by atoms with Gasteiger partial charge in [0, 0.05) is 6.92 Å². The van der Waals surface area contributed by atoms with Gasteiger partial charge < -0.3 is 15.4 Å². The number of methoxy groups -OCH3 is 1. The van der Waals surface area contributed by atoms with Crippen molar-refractivity contribution in [3.63, 3.8) is 0 Å². The van der Waals surface area contributed by atoms with E-state index in [9.17, 15) is 19.2 Å². The molecule has 0 aromatic rings. The molecule has 0 rings (SSSR count). The van der Waals surface area contributed by atoms with Gasteiger partial charge in [0.05, 0.1) is 7.11 Å². The molecule has 0 heterocycles. The summed E-state index contributed by atoms with van der Waals surface area (Å²) >= 11 is 0. The molecule has 90 valence electrons. The highest BCUT2D eigenvalue weighted by molar-refractivity contribution is 6.35. The van der Waals surface area contributed by atoms with E-state index in [4.69, 9.17) is 0 Å². The van der Waals surface area contributed by atoms with Gasteiger partial charge in [0.2, 0.25) is 11.7 Å². The number of ether oxygens (including phenoxy) is 1.